The van der Waals surface area contributed by atoms with E-state index in [0.29, 0.717) is 5.02 Å². The first-order valence-electron chi connectivity index (χ1n) is 6.77. The third-order valence-corrected chi connectivity index (χ3v) is 3.41. The first-order valence-corrected chi connectivity index (χ1v) is 7.14. The Morgan fingerprint density at radius 2 is 1.95 bits per heavy atom. The molecule has 4 nitrogen and oxygen atoms in total. The van der Waals surface area contributed by atoms with Gasteiger partial charge in [0.05, 0.1) is 5.70 Å². The normalized spacial score (nSPS) is 14.2. The molecule has 0 radical (unpaired) electrons. The average molecular weight is 306 g/mol. The van der Waals surface area contributed by atoms with Gasteiger partial charge in [-0.2, -0.15) is 5.10 Å². The topological polar surface area (TPSA) is 39.9 Å². The Kier molecular flexibility index (Phi) is 4.80. The Morgan fingerprint density at radius 3 is 2.43 bits per heavy atom. The maximum atomic E-state index is 5.94. The summed E-state index contributed by atoms with van der Waals surface area (Å²) in [6.45, 7) is 6.40. The van der Waals surface area contributed by atoms with E-state index in [4.69, 9.17) is 16.3 Å². The zero-order chi connectivity index (χ0) is 15.5. The molecule has 0 spiro atoms. The van der Waals surface area contributed by atoms with Gasteiger partial charge in [0.15, 0.2) is 0 Å². The van der Waals surface area contributed by atoms with Gasteiger partial charge in [-0.25, -0.2) is 9.67 Å². The lowest BCUT2D eigenvalue weighted by Crippen LogP contribution is -2.31. The third-order valence-electron chi connectivity index (χ3n) is 3.16. The highest BCUT2D eigenvalue weighted by Gasteiger charge is 2.29. The fourth-order valence-electron chi connectivity index (χ4n) is 2.25. The lowest BCUT2D eigenvalue weighted by atomic mass is 9.86. The van der Waals surface area contributed by atoms with Crippen LogP contribution in [-0.2, 0) is 4.74 Å². The molecule has 5 heteroatoms. The molecule has 2 rings (SSSR count). The quantitative estimate of drug-likeness (QED) is 0.857. The lowest BCUT2D eigenvalue weighted by molar-refractivity contribution is 0.0570. The van der Waals surface area contributed by atoms with E-state index in [9.17, 15) is 0 Å². The van der Waals surface area contributed by atoms with Crippen molar-refractivity contribution in [3.05, 3.63) is 47.5 Å². The molecule has 0 aliphatic carbocycles. The van der Waals surface area contributed by atoms with E-state index in [0.717, 1.165) is 11.3 Å². The zero-order valence-electron chi connectivity index (χ0n) is 12.7. The van der Waals surface area contributed by atoms with Gasteiger partial charge >= 0.3 is 0 Å². The van der Waals surface area contributed by atoms with E-state index in [2.05, 4.69) is 30.9 Å². The van der Waals surface area contributed by atoms with Gasteiger partial charge in [0.2, 0.25) is 0 Å². The molecule has 0 saturated heterocycles. The van der Waals surface area contributed by atoms with Crippen LogP contribution in [0.2, 0.25) is 5.02 Å². The molecule has 112 valence electrons. The van der Waals surface area contributed by atoms with E-state index in [1.54, 1.807) is 18.1 Å². The highest BCUT2D eigenvalue weighted by Crippen LogP contribution is 2.31. The smallest absolute Gasteiger partial charge is 0.138 e. The van der Waals surface area contributed by atoms with Crippen LogP contribution in [0.4, 0.5) is 0 Å². The van der Waals surface area contributed by atoms with Crippen LogP contribution in [0.15, 0.2) is 36.9 Å². The molecule has 1 aromatic carbocycles. The molecular weight excluding hydrogens is 286 g/mol. The van der Waals surface area contributed by atoms with Crippen LogP contribution < -0.4 is 0 Å². The van der Waals surface area contributed by atoms with Crippen LogP contribution >= 0.6 is 11.6 Å². The largest absolute Gasteiger partial charge is 0.375 e. The molecule has 0 aliphatic heterocycles. The number of aromatic nitrogens is 3. The summed E-state index contributed by atoms with van der Waals surface area (Å²) in [5.41, 5.74) is 1.90. The number of benzene rings is 1. The van der Waals surface area contributed by atoms with Gasteiger partial charge in [0.1, 0.15) is 18.8 Å². The van der Waals surface area contributed by atoms with Crippen molar-refractivity contribution in [3.63, 3.8) is 0 Å². The number of nitrogens with zero attached hydrogens (tertiary/aromatic N) is 3. The first kappa shape index (κ1) is 15.7. The van der Waals surface area contributed by atoms with Crippen LogP contribution in [0.25, 0.3) is 11.8 Å². The minimum atomic E-state index is -0.116. The van der Waals surface area contributed by atoms with Crippen molar-refractivity contribution < 1.29 is 4.74 Å². The van der Waals surface area contributed by atoms with Crippen molar-refractivity contribution in [3.8, 4) is 0 Å². The van der Waals surface area contributed by atoms with Crippen molar-refractivity contribution in [1.82, 2.24) is 14.8 Å². The van der Waals surface area contributed by atoms with Gasteiger partial charge in [-0.3, -0.25) is 0 Å². The minimum Gasteiger partial charge on any atom is -0.375 e. The number of halogens is 1. The standard InChI is InChI=1S/C16H20ClN3O/c1-16(2,3)15(21-4)14(20-11-18-10-19-20)9-12-5-7-13(17)8-6-12/h5-11,15H,1-4H3/b14-9+/t15-/m1/s1. The summed E-state index contributed by atoms with van der Waals surface area (Å²) in [4.78, 5) is 4.03. The average Bonchev–Trinajstić information content (AvgIpc) is 2.93. The van der Waals surface area contributed by atoms with Crippen LogP contribution in [0.5, 0.6) is 0 Å². The van der Waals surface area contributed by atoms with Gasteiger partial charge in [0.25, 0.3) is 0 Å². The van der Waals surface area contributed by atoms with Crippen molar-refractivity contribution in [2.45, 2.75) is 26.9 Å². The fraction of sp³-hybridized carbons (Fsp3) is 0.375. The number of methoxy groups -OCH3 is 1. The van der Waals surface area contributed by atoms with Crippen molar-refractivity contribution in [2.75, 3.05) is 7.11 Å². The van der Waals surface area contributed by atoms with Gasteiger partial charge in [-0.1, -0.05) is 44.5 Å². The second-order valence-electron chi connectivity index (χ2n) is 5.94. The number of rotatable bonds is 4. The van der Waals surface area contributed by atoms with Gasteiger partial charge < -0.3 is 4.74 Å². The van der Waals surface area contributed by atoms with Crippen LogP contribution in [0.1, 0.15) is 26.3 Å². The van der Waals surface area contributed by atoms with E-state index in [1.165, 1.54) is 6.33 Å². The summed E-state index contributed by atoms with van der Waals surface area (Å²) >= 11 is 5.94. The zero-order valence-corrected chi connectivity index (χ0v) is 13.5. The minimum absolute atomic E-state index is 0.0705. The van der Waals surface area contributed by atoms with Crippen molar-refractivity contribution in [2.24, 2.45) is 5.41 Å². The predicted molar refractivity (Wildman–Crippen MR) is 85.9 cm³/mol. The fourth-order valence-corrected chi connectivity index (χ4v) is 2.38. The molecule has 2 aromatic rings. The number of hydrogen-bond donors (Lipinski definition) is 0. The Morgan fingerprint density at radius 1 is 1.29 bits per heavy atom. The molecule has 1 aromatic heterocycles. The molecule has 1 heterocycles. The van der Waals surface area contributed by atoms with E-state index in [1.807, 2.05) is 30.3 Å². The summed E-state index contributed by atoms with van der Waals surface area (Å²) < 4.78 is 7.46. The maximum Gasteiger partial charge on any atom is 0.138 e. The molecule has 0 saturated carbocycles. The van der Waals surface area contributed by atoms with Crippen LogP contribution in [0, 0.1) is 5.41 Å². The Bertz CT molecular complexity index is 597. The highest BCUT2D eigenvalue weighted by molar-refractivity contribution is 6.30. The molecule has 0 N–H and O–H groups in total. The lowest BCUT2D eigenvalue weighted by Gasteiger charge is -2.31. The second kappa shape index (κ2) is 6.41. The molecular formula is C16H20ClN3O. The number of hydrogen-bond acceptors (Lipinski definition) is 3. The van der Waals surface area contributed by atoms with E-state index < -0.39 is 0 Å². The van der Waals surface area contributed by atoms with Gasteiger partial charge in [-0.05, 0) is 29.2 Å². The second-order valence-corrected chi connectivity index (χ2v) is 6.38. The van der Waals surface area contributed by atoms with Crippen molar-refractivity contribution >= 4 is 23.4 Å². The summed E-state index contributed by atoms with van der Waals surface area (Å²) in [7, 11) is 1.71. The molecule has 0 bridgehead atoms. The van der Waals surface area contributed by atoms with Crippen LogP contribution in [-0.4, -0.2) is 28.0 Å². The summed E-state index contributed by atoms with van der Waals surface area (Å²) in [6.07, 6.45) is 5.13. The monoisotopic (exact) mass is 305 g/mol. The van der Waals surface area contributed by atoms with Gasteiger partial charge in [0, 0.05) is 12.1 Å². The summed E-state index contributed by atoms with van der Waals surface area (Å²) in [5, 5.41) is 4.96. The van der Waals surface area contributed by atoms with Gasteiger partial charge in [-0.15, -0.1) is 0 Å². The molecule has 0 amide bonds. The Balaban J connectivity index is 2.48. The van der Waals surface area contributed by atoms with E-state index in [-0.39, 0.29) is 11.5 Å². The summed E-state index contributed by atoms with van der Waals surface area (Å²) in [5.74, 6) is 0. The molecule has 1 atom stereocenters. The Hall–Kier alpha value is -1.65. The number of ether oxygens (including phenoxy) is 1. The van der Waals surface area contributed by atoms with Crippen molar-refractivity contribution in [1.29, 1.82) is 0 Å². The molecule has 0 fully saturated rings. The Labute approximate surface area is 130 Å². The third kappa shape index (κ3) is 3.93. The maximum absolute atomic E-state index is 5.94. The molecule has 0 unspecified atom stereocenters. The summed E-state index contributed by atoms with van der Waals surface area (Å²) in [6, 6.07) is 7.67. The highest BCUT2D eigenvalue weighted by atomic mass is 35.5. The molecule has 0 aliphatic rings. The van der Waals surface area contributed by atoms with Crippen LogP contribution in [0.3, 0.4) is 0 Å². The first-order chi connectivity index (χ1) is 9.91. The SMILES string of the molecule is CO[C@H](/C(=C\c1ccc(Cl)cc1)n1cncn1)C(C)(C)C. The predicted octanol–water partition coefficient (Wildman–Crippen LogP) is 3.99. The molecule has 21 heavy (non-hydrogen) atoms. The van der Waals surface area contributed by atoms with E-state index >= 15 is 0 Å².